The van der Waals surface area contributed by atoms with E-state index >= 15 is 0 Å². The number of hydrogen-bond acceptors (Lipinski definition) is 5. The first-order chi connectivity index (χ1) is 16.0. The molecular weight excluding hydrogens is 446 g/mol. The standard InChI is InChI=1S/C24H26F2N4O2S/c25-11-17(12-26)29-33(31,32)19-7-9-22(28-14-19)24-21(13-27)20-8-6-16(15-4-5-15)10-23(20)30(24)18-2-1-3-18/h6-10,14-15,17-18,21,24,29H,1-5,11-12H2. The number of pyridine rings is 1. The predicted molar refractivity (Wildman–Crippen MR) is 120 cm³/mol. The van der Waals surface area contributed by atoms with Crippen LogP contribution < -0.4 is 9.62 Å². The number of benzene rings is 1. The van der Waals surface area contributed by atoms with E-state index < -0.39 is 35.3 Å². The first-order valence-corrected chi connectivity index (χ1v) is 12.9. The van der Waals surface area contributed by atoms with E-state index in [1.807, 2.05) is 4.72 Å². The third kappa shape index (κ3) is 4.00. The van der Waals surface area contributed by atoms with Crippen molar-refractivity contribution < 1.29 is 17.2 Å². The number of halogens is 2. The molecule has 1 aromatic heterocycles. The van der Waals surface area contributed by atoms with Crippen LogP contribution in [0.5, 0.6) is 0 Å². The highest BCUT2D eigenvalue weighted by Gasteiger charge is 2.45. The van der Waals surface area contributed by atoms with Crippen LogP contribution in [0.3, 0.4) is 0 Å². The van der Waals surface area contributed by atoms with Crippen molar-refractivity contribution in [3.05, 3.63) is 53.3 Å². The lowest BCUT2D eigenvalue weighted by Gasteiger charge is -2.41. The minimum atomic E-state index is -4.10. The van der Waals surface area contributed by atoms with Gasteiger partial charge in [-0.25, -0.2) is 21.9 Å². The van der Waals surface area contributed by atoms with E-state index in [-0.39, 0.29) is 10.9 Å². The van der Waals surface area contributed by atoms with E-state index in [0.717, 1.165) is 30.5 Å². The van der Waals surface area contributed by atoms with Gasteiger partial charge in [-0.1, -0.05) is 12.1 Å². The molecule has 0 bridgehead atoms. The average Bonchev–Trinajstić information content (AvgIpc) is 3.59. The van der Waals surface area contributed by atoms with Crippen LogP contribution in [0.1, 0.15) is 66.8 Å². The number of nitrogens with one attached hydrogen (secondary N) is 1. The lowest BCUT2D eigenvalue weighted by atomic mass is 9.88. The molecular formula is C24H26F2N4O2S. The molecule has 0 radical (unpaired) electrons. The van der Waals surface area contributed by atoms with Crippen molar-refractivity contribution in [2.75, 3.05) is 18.2 Å². The number of rotatable bonds is 8. The van der Waals surface area contributed by atoms with Crippen LogP contribution in [0.25, 0.3) is 0 Å². The molecule has 1 N–H and O–H groups in total. The van der Waals surface area contributed by atoms with Crippen LogP contribution in [0.2, 0.25) is 0 Å². The molecule has 2 aliphatic carbocycles. The quantitative estimate of drug-likeness (QED) is 0.620. The number of nitrogens with zero attached hydrogens (tertiary/aromatic N) is 3. The van der Waals surface area contributed by atoms with Crippen molar-refractivity contribution in [2.45, 2.75) is 67.0 Å². The van der Waals surface area contributed by atoms with E-state index in [1.165, 1.54) is 30.7 Å². The van der Waals surface area contributed by atoms with Gasteiger partial charge in [0, 0.05) is 17.9 Å². The van der Waals surface area contributed by atoms with Crippen molar-refractivity contribution in [3.63, 3.8) is 0 Å². The highest BCUT2D eigenvalue weighted by molar-refractivity contribution is 7.89. The van der Waals surface area contributed by atoms with Gasteiger partial charge in [-0.05, 0) is 67.3 Å². The van der Waals surface area contributed by atoms with Crippen LogP contribution in [0, 0.1) is 11.3 Å². The fraction of sp³-hybridized carbons (Fsp3) is 0.500. The van der Waals surface area contributed by atoms with Crippen molar-refractivity contribution in [1.82, 2.24) is 9.71 Å². The summed E-state index contributed by atoms with van der Waals surface area (Å²) in [6.07, 6.45) is 6.84. The van der Waals surface area contributed by atoms with Gasteiger partial charge in [0.25, 0.3) is 0 Å². The summed E-state index contributed by atoms with van der Waals surface area (Å²) in [5.41, 5.74) is 4.01. The molecule has 1 aromatic carbocycles. The molecule has 5 rings (SSSR count). The number of aromatic nitrogens is 1. The third-order valence-corrected chi connectivity index (χ3v) is 8.51. The molecule has 0 saturated heterocycles. The molecule has 2 saturated carbocycles. The van der Waals surface area contributed by atoms with E-state index in [2.05, 4.69) is 34.2 Å². The summed E-state index contributed by atoms with van der Waals surface area (Å²) >= 11 is 0. The van der Waals surface area contributed by atoms with E-state index in [4.69, 9.17) is 0 Å². The minimum Gasteiger partial charge on any atom is -0.358 e. The highest BCUT2D eigenvalue weighted by atomic mass is 32.2. The summed E-state index contributed by atoms with van der Waals surface area (Å²) in [6, 6.07) is 10.5. The molecule has 2 aromatic rings. The third-order valence-electron chi connectivity index (χ3n) is 7.01. The first-order valence-electron chi connectivity index (χ1n) is 11.4. The zero-order valence-corrected chi connectivity index (χ0v) is 18.9. The van der Waals surface area contributed by atoms with Gasteiger partial charge in [-0.15, -0.1) is 0 Å². The zero-order chi connectivity index (χ0) is 23.2. The van der Waals surface area contributed by atoms with Gasteiger partial charge < -0.3 is 4.90 Å². The molecule has 2 heterocycles. The summed E-state index contributed by atoms with van der Waals surface area (Å²) in [6.45, 7) is -2.27. The number of alkyl halides is 2. The van der Waals surface area contributed by atoms with Gasteiger partial charge in [0.05, 0.1) is 29.8 Å². The van der Waals surface area contributed by atoms with Crippen LogP contribution in [-0.2, 0) is 10.0 Å². The lowest BCUT2D eigenvalue weighted by Crippen LogP contribution is -2.41. The fourth-order valence-corrected chi connectivity index (χ4v) is 6.00. The molecule has 6 nitrogen and oxygen atoms in total. The Hall–Kier alpha value is -2.57. The molecule has 2 atom stereocenters. The van der Waals surface area contributed by atoms with E-state index in [0.29, 0.717) is 17.7 Å². The normalized spacial score (nSPS) is 22.8. The van der Waals surface area contributed by atoms with Crippen LogP contribution >= 0.6 is 0 Å². The monoisotopic (exact) mass is 472 g/mol. The Bertz CT molecular complexity index is 1170. The highest BCUT2D eigenvalue weighted by Crippen LogP contribution is 2.53. The fourth-order valence-electron chi connectivity index (χ4n) is 4.86. The Morgan fingerprint density at radius 2 is 1.91 bits per heavy atom. The molecule has 0 spiro atoms. The molecule has 0 amide bonds. The maximum atomic E-state index is 12.8. The first kappa shape index (κ1) is 22.2. The van der Waals surface area contributed by atoms with Gasteiger partial charge in [-0.3, -0.25) is 4.98 Å². The van der Waals surface area contributed by atoms with Gasteiger partial charge in [0.15, 0.2) is 0 Å². The second-order valence-electron chi connectivity index (χ2n) is 9.18. The van der Waals surface area contributed by atoms with Crippen molar-refractivity contribution in [1.29, 1.82) is 5.26 Å². The molecule has 2 unspecified atom stereocenters. The molecule has 33 heavy (non-hydrogen) atoms. The molecule has 9 heteroatoms. The summed E-state index contributed by atoms with van der Waals surface area (Å²) in [4.78, 5) is 6.58. The number of fused-ring (bicyclic) bond motifs is 1. The number of anilines is 1. The summed E-state index contributed by atoms with van der Waals surface area (Å²) in [5, 5.41) is 10.1. The van der Waals surface area contributed by atoms with E-state index in [9.17, 15) is 22.5 Å². The zero-order valence-electron chi connectivity index (χ0n) is 18.1. The van der Waals surface area contributed by atoms with Crippen LogP contribution in [-0.4, -0.2) is 38.8 Å². The predicted octanol–water partition coefficient (Wildman–Crippen LogP) is 4.27. The van der Waals surface area contributed by atoms with Crippen LogP contribution in [0.4, 0.5) is 14.5 Å². The van der Waals surface area contributed by atoms with Crippen molar-refractivity contribution in [2.24, 2.45) is 0 Å². The molecule has 174 valence electrons. The smallest absolute Gasteiger partial charge is 0.242 e. The summed E-state index contributed by atoms with van der Waals surface area (Å²) in [5.74, 6) is 0.190. The Morgan fingerprint density at radius 1 is 1.15 bits per heavy atom. The maximum absolute atomic E-state index is 12.8. The summed E-state index contributed by atoms with van der Waals surface area (Å²) in [7, 11) is -4.10. The van der Waals surface area contributed by atoms with Crippen LogP contribution in [0.15, 0.2) is 41.4 Å². The van der Waals surface area contributed by atoms with Gasteiger partial charge in [0.1, 0.15) is 18.2 Å². The number of nitriles is 1. The van der Waals surface area contributed by atoms with Gasteiger partial charge >= 0.3 is 0 Å². The molecule has 1 aliphatic heterocycles. The second-order valence-corrected chi connectivity index (χ2v) is 10.9. The molecule has 2 fully saturated rings. The van der Waals surface area contributed by atoms with Crippen molar-refractivity contribution in [3.8, 4) is 6.07 Å². The van der Waals surface area contributed by atoms with Gasteiger partial charge in [0.2, 0.25) is 10.0 Å². The Labute approximate surface area is 192 Å². The second kappa shape index (κ2) is 8.65. The number of hydrogen-bond donors (Lipinski definition) is 1. The largest absolute Gasteiger partial charge is 0.358 e. The number of sulfonamides is 1. The molecule has 3 aliphatic rings. The Morgan fingerprint density at radius 3 is 2.45 bits per heavy atom. The minimum absolute atomic E-state index is 0.159. The lowest BCUT2D eigenvalue weighted by molar-refractivity contribution is 0.334. The Balaban J connectivity index is 1.49. The average molecular weight is 473 g/mol. The van der Waals surface area contributed by atoms with Crippen molar-refractivity contribution >= 4 is 15.7 Å². The summed E-state index contributed by atoms with van der Waals surface area (Å²) < 4.78 is 52.6. The maximum Gasteiger partial charge on any atom is 0.242 e. The topological polar surface area (TPSA) is 86.1 Å². The Kier molecular flexibility index (Phi) is 5.83. The van der Waals surface area contributed by atoms with E-state index in [1.54, 1.807) is 6.07 Å². The SMILES string of the molecule is N#CC1c2ccc(C3CC3)cc2N(C2CCC2)C1c1ccc(S(=O)(=O)NC(CF)CF)cn1. The van der Waals surface area contributed by atoms with Gasteiger partial charge in [-0.2, -0.15) is 5.26 Å².